The molecule has 1 aromatic heterocycles. The summed E-state index contributed by atoms with van der Waals surface area (Å²) in [6, 6.07) is 9.50. The SMILES string of the molecule is COc1cccc(CNc2c(Cl)cc(Cl)c3nsnc23)c1. The molecule has 0 unspecified atom stereocenters. The van der Waals surface area contributed by atoms with Gasteiger partial charge in [0.2, 0.25) is 0 Å². The first kappa shape index (κ1) is 14.4. The number of hydrogen-bond donors (Lipinski definition) is 1. The third-order valence-electron chi connectivity index (χ3n) is 3.05. The van der Waals surface area contributed by atoms with E-state index in [4.69, 9.17) is 27.9 Å². The normalized spacial score (nSPS) is 10.8. The third kappa shape index (κ3) is 2.90. The molecule has 0 saturated carbocycles. The van der Waals surface area contributed by atoms with Crippen LogP contribution in [-0.2, 0) is 6.54 Å². The molecular formula is C14H11Cl2N3OS. The van der Waals surface area contributed by atoms with Crippen LogP contribution < -0.4 is 10.1 Å². The van der Waals surface area contributed by atoms with E-state index in [1.54, 1.807) is 13.2 Å². The van der Waals surface area contributed by atoms with Gasteiger partial charge in [-0.05, 0) is 23.8 Å². The summed E-state index contributed by atoms with van der Waals surface area (Å²) in [4.78, 5) is 0. The van der Waals surface area contributed by atoms with Crippen molar-refractivity contribution >= 4 is 51.7 Å². The van der Waals surface area contributed by atoms with Crippen LogP contribution in [0.5, 0.6) is 5.75 Å². The molecule has 4 nitrogen and oxygen atoms in total. The van der Waals surface area contributed by atoms with Crippen molar-refractivity contribution in [2.75, 3.05) is 12.4 Å². The van der Waals surface area contributed by atoms with Crippen LogP contribution in [0.15, 0.2) is 30.3 Å². The quantitative estimate of drug-likeness (QED) is 0.753. The second-order valence-electron chi connectivity index (χ2n) is 4.38. The first-order valence-corrected chi connectivity index (χ1v) is 7.64. The van der Waals surface area contributed by atoms with E-state index in [2.05, 4.69) is 14.1 Å². The van der Waals surface area contributed by atoms with E-state index in [1.165, 1.54) is 0 Å². The lowest BCUT2D eigenvalue weighted by Gasteiger charge is -2.10. The van der Waals surface area contributed by atoms with Crippen LogP contribution in [0.1, 0.15) is 5.56 Å². The molecule has 0 amide bonds. The Hall–Kier alpha value is -1.56. The minimum atomic E-state index is 0.510. The number of rotatable bonds is 4. The minimum Gasteiger partial charge on any atom is -0.497 e. The molecule has 7 heteroatoms. The van der Waals surface area contributed by atoms with Gasteiger partial charge in [0, 0.05) is 6.54 Å². The molecule has 0 spiro atoms. The number of ether oxygens (including phenoxy) is 1. The lowest BCUT2D eigenvalue weighted by molar-refractivity contribution is 0.414. The van der Waals surface area contributed by atoms with Crippen molar-refractivity contribution in [1.29, 1.82) is 0 Å². The molecule has 0 aliphatic heterocycles. The van der Waals surface area contributed by atoms with E-state index in [9.17, 15) is 0 Å². The fourth-order valence-corrected chi connectivity index (χ4v) is 3.19. The van der Waals surface area contributed by atoms with Gasteiger partial charge < -0.3 is 10.1 Å². The number of nitrogens with one attached hydrogen (secondary N) is 1. The summed E-state index contributed by atoms with van der Waals surface area (Å²) in [5.74, 6) is 0.817. The van der Waals surface area contributed by atoms with Gasteiger partial charge in [-0.25, -0.2) is 0 Å². The van der Waals surface area contributed by atoms with E-state index in [1.807, 2.05) is 24.3 Å². The smallest absolute Gasteiger partial charge is 0.130 e. The molecule has 0 aliphatic carbocycles. The molecule has 1 N–H and O–H groups in total. The maximum Gasteiger partial charge on any atom is 0.130 e. The van der Waals surface area contributed by atoms with Crippen molar-refractivity contribution < 1.29 is 4.74 Å². The molecule has 0 fully saturated rings. The van der Waals surface area contributed by atoms with Crippen LogP contribution in [0.25, 0.3) is 11.0 Å². The zero-order chi connectivity index (χ0) is 14.8. The predicted octanol–water partition coefficient (Wildman–Crippen LogP) is 4.62. The van der Waals surface area contributed by atoms with Gasteiger partial charge >= 0.3 is 0 Å². The fourth-order valence-electron chi connectivity index (χ4n) is 2.02. The van der Waals surface area contributed by atoms with Gasteiger partial charge in [-0.3, -0.25) is 0 Å². The van der Waals surface area contributed by atoms with E-state index < -0.39 is 0 Å². The van der Waals surface area contributed by atoms with Crippen molar-refractivity contribution in [2.24, 2.45) is 0 Å². The van der Waals surface area contributed by atoms with E-state index in [0.717, 1.165) is 28.7 Å². The number of hydrogen-bond acceptors (Lipinski definition) is 5. The largest absolute Gasteiger partial charge is 0.497 e. The van der Waals surface area contributed by atoms with Crippen LogP contribution in [-0.4, -0.2) is 15.9 Å². The summed E-state index contributed by atoms with van der Waals surface area (Å²) in [7, 11) is 1.65. The Labute approximate surface area is 136 Å². The van der Waals surface area contributed by atoms with Crippen LogP contribution in [0.3, 0.4) is 0 Å². The first-order valence-electron chi connectivity index (χ1n) is 6.16. The highest BCUT2D eigenvalue weighted by Gasteiger charge is 2.13. The van der Waals surface area contributed by atoms with Gasteiger partial charge in [0.25, 0.3) is 0 Å². The zero-order valence-electron chi connectivity index (χ0n) is 11.1. The molecule has 3 rings (SSSR count). The summed E-state index contributed by atoms with van der Waals surface area (Å²) in [6.07, 6.45) is 0. The van der Waals surface area contributed by atoms with Gasteiger partial charge in [0.1, 0.15) is 16.8 Å². The summed E-state index contributed by atoms with van der Waals surface area (Å²) in [5, 5.41) is 4.34. The molecule has 2 aromatic carbocycles. The minimum absolute atomic E-state index is 0.510. The number of halogens is 2. The van der Waals surface area contributed by atoms with Crippen molar-refractivity contribution in [2.45, 2.75) is 6.54 Å². The number of methoxy groups -OCH3 is 1. The van der Waals surface area contributed by atoms with Gasteiger partial charge in [0.05, 0.1) is 34.6 Å². The highest BCUT2D eigenvalue weighted by Crippen LogP contribution is 2.35. The lowest BCUT2D eigenvalue weighted by Crippen LogP contribution is -2.01. The first-order chi connectivity index (χ1) is 10.2. The molecule has 0 bridgehead atoms. The van der Waals surface area contributed by atoms with Gasteiger partial charge in [-0.1, -0.05) is 35.3 Å². The van der Waals surface area contributed by atoms with Crippen LogP contribution in [0.4, 0.5) is 5.69 Å². The number of fused-ring (bicyclic) bond motifs is 1. The van der Waals surface area contributed by atoms with Crippen molar-refractivity contribution in [3.8, 4) is 5.75 Å². The Balaban J connectivity index is 1.89. The Bertz CT molecular complexity index is 791. The second kappa shape index (κ2) is 6.05. The van der Waals surface area contributed by atoms with Crippen LogP contribution in [0.2, 0.25) is 10.0 Å². The summed E-state index contributed by atoms with van der Waals surface area (Å²) < 4.78 is 13.7. The number of aromatic nitrogens is 2. The highest BCUT2D eigenvalue weighted by atomic mass is 35.5. The molecular weight excluding hydrogens is 329 g/mol. The van der Waals surface area contributed by atoms with E-state index in [-0.39, 0.29) is 0 Å². The molecule has 0 radical (unpaired) electrons. The number of nitrogens with zero attached hydrogens (tertiary/aromatic N) is 2. The summed E-state index contributed by atoms with van der Waals surface area (Å²) >= 11 is 13.5. The second-order valence-corrected chi connectivity index (χ2v) is 5.72. The van der Waals surface area contributed by atoms with E-state index >= 15 is 0 Å². The van der Waals surface area contributed by atoms with Crippen molar-refractivity contribution in [3.05, 3.63) is 45.9 Å². The Morgan fingerprint density at radius 1 is 1.14 bits per heavy atom. The predicted molar refractivity (Wildman–Crippen MR) is 87.8 cm³/mol. The topological polar surface area (TPSA) is 47.0 Å². The summed E-state index contributed by atoms with van der Waals surface area (Å²) in [6.45, 7) is 0.602. The molecule has 0 atom stereocenters. The lowest BCUT2D eigenvalue weighted by atomic mass is 10.2. The fraction of sp³-hybridized carbons (Fsp3) is 0.143. The summed E-state index contributed by atoms with van der Waals surface area (Å²) in [5.41, 5.74) is 3.18. The molecule has 0 saturated heterocycles. The number of benzene rings is 2. The Morgan fingerprint density at radius 3 is 2.76 bits per heavy atom. The van der Waals surface area contributed by atoms with Crippen molar-refractivity contribution in [1.82, 2.24) is 8.75 Å². The van der Waals surface area contributed by atoms with Crippen LogP contribution in [0, 0.1) is 0 Å². The molecule has 108 valence electrons. The van der Waals surface area contributed by atoms with Gasteiger partial charge in [-0.2, -0.15) is 8.75 Å². The maximum atomic E-state index is 6.26. The van der Waals surface area contributed by atoms with Gasteiger partial charge in [0.15, 0.2) is 0 Å². The molecule has 0 aliphatic rings. The zero-order valence-corrected chi connectivity index (χ0v) is 13.4. The number of anilines is 1. The monoisotopic (exact) mass is 339 g/mol. The molecule has 21 heavy (non-hydrogen) atoms. The van der Waals surface area contributed by atoms with E-state index in [0.29, 0.717) is 27.6 Å². The standard InChI is InChI=1S/C14H11Cl2N3OS/c1-20-9-4-2-3-8(5-9)7-17-12-10(15)6-11(16)13-14(12)19-21-18-13/h2-6,17H,7H2,1H3. The molecule has 1 heterocycles. The van der Waals surface area contributed by atoms with Crippen molar-refractivity contribution in [3.63, 3.8) is 0 Å². The Morgan fingerprint density at radius 2 is 1.95 bits per heavy atom. The average molecular weight is 340 g/mol. The average Bonchev–Trinajstić information content (AvgIpc) is 2.97. The molecule has 3 aromatic rings. The maximum absolute atomic E-state index is 6.26. The third-order valence-corrected chi connectivity index (χ3v) is 4.16. The van der Waals surface area contributed by atoms with Crippen LogP contribution >= 0.6 is 34.9 Å². The Kier molecular flexibility index (Phi) is 4.14. The highest BCUT2D eigenvalue weighted by molar-refractivity contribution is 7.00. The van der Waals surface area contributed by atoms with Gasteiger partial charge in [-0.15, -0.1) is 0 Å².